The third-order valence-electron chi connectivity index (χ3n) is 2.64. The van der Waals surface area contributed by atoms with Crippen molar-refractivity contribution in [3.63, 3.8) is 0 Å². The summed E-state index contributed by atoms with van der Waals surface area (Å²) < 4.78 is 1.60. The Morgan fingerprint density at radius 1 is 1.42 bits per heavy atom. The summed E-state index contributed by atoms with van der Waals surface area (Å²) in [5.41, 5.74) is 1.09. The van der Waals surface area contributed by atoms with Gasteiger partial charge in [-0.1, -0.05) is 30.3 Å². The lowest BCUT2D eigenvalue weighted by Crippen LogP contribution is -2.32. The summed E-state index contributed by atoms with van der Waals surface area (Å²) in [7, 11) is 1.79. The normalized spacial score (nSPS) is 12.1. The second kappa shape index (κ2) is 6.38. The highest BCUT2D eigenvalue weighted by Gasteiger charge is 2.14. The van der Waals surface area contributed by atoms with Crippen LogP contribution in [0.1, 0.15) is 11.4 Å². The van der Waals surface area contributed by atoms with Gasteiger partial charge in [0.2, 0.25) is 5.91 Å². The number of amides is 1. The average Bonchev–Trinajstić information content (AvgIpc) is 2.83. The molecule has 19 heavy (non-hydrogen) atoms. The van der Waals surface area contributed by atoms with Gasteiger partial charge in [0.25, 0.3) is 0 Å². The first-order valence-electron chi connectivity index (χ1n) is 5.99. The van der Waals surface area contributed by atoms with Crippen LogP contribution < -0.4 is 5.32 Å². The van der Waals surface area contributed by atoms with Crippen molar-refractivity contribution in [3.05, 3.63) is 48.0 Å². The number of hydrogen-bond acceptors (Lipinski definition) is 4. The molecule has 0 aliphatic rings. The van der Waals surface area contributed by atoms with E-state index in [2.05, 4.69) is 28.0 Å². The zero-order valence-electron chi connectivity index (χ0n) is 10.7. The van der Waals surface area contributed by atoms with E-state index in [1.54, 1.807) is 18.1 Å². The summed E-state index contributed by atoms with van der Waals surface area (Å²) in [6.07, 6.45) is 2.20. The number of carbonyl (C=O) groups excluding carboxylic acids is 1. The van der Waals surface area contributed by atoms with E-state index < -0.39 is 0 Å². The summed E-state index contributed by atoms with van der Waals surface area (Å²) in [6.45, 7) is 0.325. The topological polar surface area (TPSA) is 59.8 Å². The van der Waals surface area contributed by atoms with Gasteiger partial charge in [-0.25, -0.2) is 4.98 Å². The van der Waals surface area contributed by atoms with Crippen molar-refractivity contribution in [2.24, 2.45) is 7.05 Å². The monoisotopic (exact) mass is 276 g/mol. The highest BCUT2D eigenvalue weighted by Crippen LogP contribution is 2.07. The number of aryl methyl sites for hydroxylation is 1. The van der Waals surface area contributed by atoms with Crippen LogP contribution in [-0.4, -0.2) is 25.9 Å². The van der Waals surface area contributed by atoms with Gasteiger partial charge in [-0.05, 0) is 12.0 Å². The minimum Gasteiger partial charge on any atom is -0.348 e. The first-order valence-corrected chi connectivity index (χ1v) is 6.51. The SMILES string of the molecule is Cn1cnc(CNC(=O)C(S)Cc2ccccc2)n1. The summed E-state index contributed by atoms with van der Waals surface area (Å²) in [6, 6.07) is 9.81. The molecule has 1 N–H and O–H groups in total. The number of rotatable bonds is 5. The average molecular weight is 276 g/mol. The molecule has 1 amide bonds. The molecule has 1 aromatic carbocycles. The fraction of sp³-hybridized carbons (Fsp3) is 0.308. The van der Waals surface area contributed by atoms with Gasteiger partial charge in [0.05, 0.1) is 11.8 Å². The lowest BCUT2D eigenvalue weighted by atomic mass is 10.1. The smallest absolute Gasteiger partial charge is 0.233 e. The van der Waals surface area contributed by atoms with Crippen LogP contribution in [0.3, 0.4) is 0 Å². The van der Waals surface area contributed by atoms with Crippen LogP contribution in [-0.2, 0) is 24.8 Å². The van der Waals surface area contributed by atoms with Gasteiger partial charge in [-0.15, -0.1) is 0 Å². The standard InChI is InChI=1S/C13H16N4OS/c1-17-9-15-12(16-17)8-14-13(18)11(19)7-10-5-3-2-4-6-10/h2-6,9,11,19H,7-8H2,1H3,(H,14,18). The molecular weight excluding hydrogens is 260 g/mol. The molecule has 0 radical (unpaired) electrons. The fourth-order valence-corrected chi connectivity index (χ4v) is 1.98. The van der Waals surface area contributed by atoms with Crippen molar-refractivity contribution in [3.8, 4) is 0 Å². The Hall–Kier alpha value is -1.82. The molecule has 0 aliphatic heterocycles. The van der Waals surface area contributed by atoms with Crippen molar-refractivity contribution in [1.82, 2.24) is 20.1 Å². The van der Waals surface area contributed by atoms with Crippen molar-refractivity contribution in [1.29, 1.82) is 0 Å². The third kappa shape index (κ3) is 4.10. The molecule has 1 unspecified atom stereocenters. The predicted octanol–water partition coefficient (Wildman–Crippen LogP) is 0.972. The number of nitrogens with one attached hydrogen (secondary N) is 1. The Kier molecular flexibility index (Phi) is 4.57. The van der Waals surface area contributed by atoms with E-state index in [4.69, 9.17) is 0 Å². The first-order chi connectivity index (χ1) is 9.15. The maximum atomic E-state index is 11.9. The van der Waals surface area contributed by atoms with Crippen molar-refractivity contribution < 1.29 is 4.79 Å². The second-order valence-corrected chi connectivity index (χ2v) is 4.88. The first kappa shape index (κ1) is 13.6. The van der Waals surface area contributed by atoms with E-state index in [1.807, 2.05) is 30.3 Å². The molecule has 0 spiro atoms. The van der Waals surface area contributed by atoms with Gasteiger partial charge in [0, 0.05) is 7.05 Å². The summed E-state index contributed by atoms with van der Waals surface area (Å²) >= 11 is 4.33. The van der Waals surface area contributed by atoms with E-state index in [0.717, 1.165) is 5.56 Å². The molecule has 100 valence electrons. The molecule has 1 atom stereocenters. The maximum absolute atomic E-state index is 11.9. The van der Waals surface area contributed by atoms with Gasteiger partial charge in [0.15, 0.2) is 5.82 Å². The molecule has 1 aromatic heterocycles. The second-order valence-electron chi connectivity index (χ2n) is 4.26. The molecule has 6 heteroatoms. The number of carbonyl (C=O) groups is 1. The van der Waals surface area contributed by atoms with Crippen LogP contribution in [0.25, 0.3) is 0 Å². The highest BCUT2D eigenvalue weighted by molar-refractivity contribution is 7.81. The summed E-state index contributed by atoms with van der Waals surface area (Å²) in [5, 5.41) is 6.50. The lowest BCUT2D eigenvalue weighted by molar-refractivity contribution is -0.120. The predicted molar refractivity (Wildman–Crippen MR) is 75.8 cm³/mol. The van der Waals surface area contributed by atoms with E-state index in [-0.39, 0.29) is 11.2 Å². The van der Waals surface area contributed by atoms with Crippen LogP contribution in [0.15, 0.2) is 36.7 Å². The lowest BCUT2D eigenvalue weighted by Gasteiger charge is -2.10. The van der Waals surface area contributed by atoms with E-state index in [0.29, 0.717) is 18.8 Å². The van der Waals surface area contributed by atoms with Crippen molar-refractivity contribution >= 4 is 18.5 Å². The molecule has 1 heterocycles. The molecule has 0 fully saturated rings. The minimum atomic E-state index is -0.369. The van der Waals surface area contributed by atoms with E-state index in [1.165, 1.54) is 0 Å². The van der Waals surface area contributed by atoms with Gasteiger partial charge in [-0.3, -0.25) is 9.48 Å². The van der Waals surface area contributed by atoms with Crippen LogP contribution in [0, 0.1) is 0 Å². The van der Waals surface area contributed by atoms with Crippen LogP contribution in [0.2, 0.25) is 0 Å². The Morgan fingerprint density at radius 3 is 2.79 bits per heavy atom. The number of nitrogens with zero attached hydrogens (tertiary/aromatic N) is 3. The van der Waals surface area contributed by atoms with Crippen LogP contribution >= 0.6 is 12.6 Å². The number of hydrogen-bond donors (Lipinski definition) is 2. The Balaban J connectivity index is 1.82. The molecule has 0 saturated heterocycles. The third-order valence-corrected chi connectivity index (χ3v) is 3.06. The van der Waals surface area contributed by atoms with Crippen molar-refractivity contribution in [2.45, 2.75) is 18.2 Å². The Morgan fingerprint density at radius 2 is 2.16 bits per heavy atom. The van der Waals surface area contributed by atoms with Gasteiger partial charge >= 0.3 is 0 Å². The molecule has 0 bridgehead atoms. The zero-order chi connectivity index (χ0) is 13.7. The van der Waals surface area contributed by atoms with Gasteiger partial charge in [-0.2, -0.15) is 17.7 Å². The van der Waals surface area contributed by atoms with E-state index >= 15 is 0 Å². The molecule has 0 aliphatic carbocycles. The van der Waals surface area contributed by atoms with Gasteiger partial charge < -0.3 is 5.32 Å². The molecule has 5 nitrogen and oxygen atoms in total. The number of benzene rings is 1. The maximum Gasteiger partial charge on any atom is 0.233 e. The zero-order valence-corrected chi connectivity index (χ0v) is 11.5. The number of aromatic nitrogens is 3. The van der Waals surface area contributed by atoms with Crippen molar-refractivity contribution in [2.75, 3.05) is 0 Å². The molecule has 2 rings (SSSR count). The molecule has 2 aromatic rings. The summed E-state index contributed by atoms with van der Waals surface area (Å²) in [5.74, 6) is 0.482. The Bertz CT molecular complexity index is 541. The highest BCUT2D eigenvalue weighted by atomic mass is 32.1. The fourth-order valence-electron chi connectivity index (χ4n) is 1.68. The van der Waals surface area contributed by atoms with Crippen LogP contribution in [0.4, 0.5) is 0 Å². The van der Waals surface area contributed by atoms with Gasteiger partial charge in [0.1, 0.15) is 6.33 Å². The van der Waals surface area contributed by atoms with Crippen LogP contribution in [0.5, 0.6) is 0 Å². The summed E-state index contributed by atoms with van der Waals surface area (Å²) in [4.78, 5) is 15.9. The number of thiol groups is 1. The quantitative estimate of drug-likeness (QED) is 0.800. The Labute approximate surface area is 117 Å². The largest absolute Gasteiger partial charge is 0.348 e. The minimum absolute atomic E-state index is 0.111. The molecule has 0 saturated carbocycles. The van der Waals surface area contributed by atoms with E-state index in [9.17, 15) is 4.79 Å². The molecular formula is C13H16N4OS.